The summed E-state index contributed by atoms with van der Waals surface area (Å²) >= 11 is 0. The maximum atomic E-state index is 11.7. The molecule has 0 saturated heterocycles. The zero-order chi connectivity index (χ0) is 10.8. The van der Waals surface area contributed by atoms with Gasteiger partial charge < -0.3 is 4.90 Å². The minimum atomic E-state index is -0.182. The molecular weight excluding hydrogens is 192 g/mol. The molecule has 2 heterocycles. The van der Waals surface area contributed by atoms with Crippen molar-refractivity contribution in [2.45, 2.75) is 6.42 Å². The van der Waals surface area contributed by atoms with Crippen LogP contribution >= 0.6 is 0 Å². The van der Waals surface area contributed by atoms with Gasteiger partial charge in [-0.1, -0.05) is 0 Å². The maximum Gasteiger partial charge on any atom is 0.230 e. The molecule has 1 aromatic rings. The lowest BCUT2D eigenvalue weighted by atomic mass is 9.98. The number of rotatable bonds is 1. The molecule has 0 spiro atoms. The van der Waals surface area contributed by atoms with E-state index in [1.165, 1.54) is 6.33 Å². The summed E-state index contributed by atoms with van der Waals surface area (Å²) in [5.41, 5.74) is 0.931. The number of carbonyl (C=O) groups excluding carboxylic acids is 1. The van der Waals surface area contributed by atoms with Crippen LogP contribution in [0, 0.1) is 5.92 Å². The summed E-state index contributed by atoms with van der Waals surface area (Å²) in [6.45, 7) is 0. The van der Waals surface area contributed by atoms with Gasteiger partial charge in [-0.2, -0.15) is 0 Å². The molecule has 1 aliphatic heterocycles. The van der Waals surface area contributed by atoms with Crippen molar-refractivity contribution in [3.05, 3.63) is 18.1 Å². The van der Waals surface area contributed by atoms with Crippen molar-refractivity contribution < 1.29 is 4.79 Å². The number of nitrogens with zero attached hydrogens (tertiary/aromatic N) is 4. The Kier molecular flexibility index (Phi) is 2.45. The standard InChI is InChI=1S/C10H12N4O/c1-14(2)10(15)8-3-7-4-11-6-13-9(7)12-5-8/h4-6,8H,3H2,1-2H3. The Morgan fingerprint density at radius 2 is 2.33 bits per heavy atom. The first-order chi connectivity index (χ1) is 7.18. The zero-order valence-corrected chi connectivity index (χ0v) is 8.71. The van der Waals surface area contributed by atoms with E-state index in [9.17, 15) is 4.79 Å². The predicted molar refractivity (Wildman–Crippen MR) is 56.1 cm³/mol. The molecule has 0 radical (unpaired) electrons. The number of hydrogen-bond donors (Lipinski definition) is 0. The Balaban J connectivity index is 2.23. The maximum absolute atomic E-state index is 11.7. The van der Waals surface area contributed by atoms with Crippen molar-refractivity contribution in [3.63, 3.8) is 0 Å². The SMILES string of the molecule is CN(C)C(=O)C1C=Nc2ncncc2C1. The van der Waals surface area contributed by atoms with Gasteiger partial charge in [0.25, 0.3) is 0 Å². The van der Waals surface area contributed by atoms with Crippen molar-refractivity contribution in [2.75, 3.05) is 14.1 Å². The molecule has 0 aliphatic carbocycles. The first-order valence-corrected chi connectivity index (χ1v) is 4.72. The summed E-state index contributed by atoms with van der Waals surface area (Å²) in [6, 6.07) is 0. The molecule has 78 valence electrons. The molecule has 0 saturated carbocycles. The van der Waals surface area contributed by atoms with Gasteiger partial charge in [-0.25, -0.2) is 15.0 Å². The Morgan fingerprint density at radius 3 is 3.07 bits per heavy atom. The highest BCUT2D eigenvalue weighted by molar-refractivity contribution is 5.95. The third-order valence-electron chi connectivity index (χ3n) is 2.34. The summed E-state index contributed by atoms with van der Waals surface area (Å²) in [7, 11) is 3.49. The summed E-state index contributed by atoms with van der Waals surface area (Å²) in [5, 5.41) is 0. The van der Waals surface area contributed by atoms with Gasteiger partial charge in [-0.3, -0.25) is 4.79 Å². The van der Waals surface area contributed by atoms with Crippen molar-refractivity contribution in [2.24, 2.45) is 10.9 Å². The van der Waals surface area contributed by atoms with E-state index in [-0.39, 0.29) is 11.8 Å². The molecule has 1 unspecified atom stereocenters. The van der Waals surface area contributed by atoms with E-state index >= 15 is 0 Å². The smallest absolute Gasteiger partial charge is 0.230 e. The van der Waals surface area contributed by atoms with E-state index in [2.05, 4.69) is 15.0 Å². The summed E-state index contributed by atoms with van der Waals surface area (Å²) in [4.78, 5) is 25.4. The van der Waals surface area contributed by atoms with Gasteiger partial charge in [-0.15, -0.1) is 0 Å². The number of amides is 1. The Bertz CT molecular complexity index is 414. The third-order valence-corrected chi connectivity index (χ3v) is 2.34. The molecule has 0 bridgehead atoms. The molecule has 1 aliphatic rings. The van der Waals surface area contributed by atoms with Crippen LogP contribution in [0.3, 0.4) is 0 Å². The quantitative estimate of drug-likeness (QED) is 0.667. The van der Waals surface area contributed by atoms with Crippen molar-refractivity contribution in [3.8, 4) is 0 Å². The lowest BCUT2D eigenvalue weighted by Gasteiger charge is -2.20. The fourth-order valence-electron chi connectivity index (χ4n) is 1.55. The average Bonchev–Trinajstić information content (AvgIpc) is 2.27. The Morgan fingerprint density at radius 1 is 1.53 bits per heavy atom. The van der Waals surface area contributed by atoms with E-state index in [4.69, 9.17) is 0 Å². The van der Waals surface area contributed by atoms with Crippen LogP contribution in [0.15, 0.2) is 17.5 Å². The van der Waals surface area contributed by atoms with Gasteiger partial charge >= 0.3 is 0 Å². The largest absolute Gasteiger partial charge is 0.348 e. The van der Waals surface area contributed by atoms with Crippen LogP contribution in [0.5, 0.6) is 0 Å². The second-order valence-electron chi connectivity index (χ2n) is 3.69. The fraction of sp³-hybridized carbons (Fsp3) is 0.400. The van der Waals surface area contributed by atoms with Crippen molar-refractivity contribution in [1.29, 1.82) is 0 Å². The van der Waals surface area contributed by atoms with Gasteiger partial charge in [0.2, 0.25) is 5.91 Å². The topological polar surface area (TPSA) is 58.5 Å². The highest BCUT2D eigenvalue weighted by Gasteiger charge is 2.23. The van der Waals surface area contributed by atoms with Crippen LogP contribution in [0.1, 0.15) is 5.56 Å². The molecule has 1 atom stereocenters. The number of aliphatic imine (C=N–C) groups is 1. The second kappa shape index (κ2) is 3.76. The molecule has 15 heavy (non-hydrogen) atoms. The Hall–Kier alpha value is -1.78. The van der Waals surface area contributed by atoms with E-state index in [1.54, 1.807) is 31.4 Å². The van der Waals surface area contributed by atoms with Crippen molar-refractivity contribution >= 4 is 17.9 Å². The fourth-order valence-corrected chi connectivity index (χ4v) is 1.55. The van der Waals surface area contributed by atoms with Gasteiger partial charge in [0.05, 0.1) is 5.92 Å². The first-order valence-electron chi connectivity index (χ1n) is 4.72. The number of aromatic nitrogens is 2. The minimum absolute atomic E-state index is 0.0632. The van der Waals surface area contributed by atoms with Gasteiger partial charge in [0.1, 0.15) is 6.33 Å². The van der Waals surface area contributed by atoms with Gasteiger partial charge in [0.15, 0.2) is 5.82 Å². The lowest BCUT2D eigenvalue weighted by molar-refractivity contribution is -0.130. The van der Waals surface area contributed by atoms with Crippen molar-refractivity contribution in [1.82, 2.24) is 14.9 Å². The summed E-state index contributed by atoms with van der Waals surface area (Å²) in [6.07, 6.45) is 5.48. The molecule has 0 N–H and O–H groups in total. The minimum Gasteiger partial charge on any atom is -0.348 e. The predicted octanol–water partition coefficient (Wildman–Crippen LogP) is 0.439. The monoisotopic (exact) mass is 204 g/mol. The molecule has 5 heteroatoms. The van der Waals surface area contributed by atoms with E-state index in [0.717, 1.165) is 5.56 Å². The highest BCUT2D eigenvalue weighted by atomic mass is 16.2. The lowest BCUT2D eigenvalue weighted by Crippen LogP contribution is -2.32. The molecule has 0 aromatic carbocycles. The third kappa shape index (κ3) is 1.86. The number of hydrogen-bond acceptors (Lipinski definition) is 4. The average molecular weight is 204 g/mol. The highest BCUT2D eigenvalue weighted by Crippen LogP contribution is 2.22. The van der Waals surface area contributed by atoms with Crippen LogP contribution in [0.2, 0.25) is 0 Å². The second-order valence-corrected chi connectivity index (χ2v) is 3.69. The molecular formula is C10H12N4O. The summed E-state index contributed by atoms with van der Waals surface area (Å²) in [5.74, 6) is 0.555. The summed E-state index contributed by atoms with van der Waals surface area (Å²) < 4.78 is 0. The molecule has 2 rings (SSSR count). The van der Waals surface area contributed by atoms with Crippen LogP contribution in [0.25, 0.3) is 0 Å². The van der Waals surface area contributed by atoms with Crippen LogP contribution in [-0.4, -0.2) is 41.1 Å². The van der Waals surface area contributed by atoms with Gasteiger partial charge in [0, 0.05) is 32.1 Å². The van der Waals surface area contributed by atoms with Crippen LogP contribution < -0.4 is 0 Å². The zero-order valence-electron chi connectivity index (χ0n) is 8.71. The molecule has 0 fully saturated rings. The van der Waals surface area contributed by atoms with E-state index < -0.39 is 0 Å². The number of fused-ring (bicyclic) bond motifs is 1. The molecule has 1 aromatic heterocycles. The van der Waals surface area contributed by atoms with E-state index in [1.807, 2.05) is 0 Å². The molecule has 1 amide bonds. The Labute approximate surface area is 87.9 Å². The normalized spacial score (nSPS) is 18.4. The van der Waals surface area contributed by atoms with Crippen LogP contribution in [-0.2, 0) is 11.2 Å². The van der Waals surface area contributed by atoms with E-state index in [0.29, 0.717) is 12.2 Å². The first kappa shape index (κ1) is 9.76. The number of carbonyl (C=O) groups is 1. The van der Waals surface area contributed by atoms with Gasteiger partial charge in [-0.05, 0) is 6.42 Å². The van der Waals surface area contributed by atoms with Crippen LogP contribution in [0.4, 0.5) is 5.82 Å². The molecule has 5 nitrogen and oxygen atoms in total.